The minimum atomic E-state index is -1.31. The Bertz CT molecular complexity index is 2340. The lowest BCUT2D eigenvalue weighted by Crippen LogP contribution is -2.41. The second kappa shape index (κ2) is 17.2. The number of aliphatic carboxylic acids is 3. The van der Waals surface area contributed by atoms with Crippen LogP contribution in [0.1, 0.15) is 35.3 Å². The van der Waals surface area contributed by atoms with E-state index in [2.05, 4.69) is 56.2 Å². The highest BCUT2D eigenvalue weighted by atomic mass is 16.4. The summed E-state index contributed by atoms with van der Waals surface area (Å²) < 4.78 is 0. The van der Waals surface area contributed by atoms with Crippen LogP contribution in [0.25, 0.3) is 11.2 Å². The van der Waals surface area contributed by atoms with Crippen LogP contribution in [-0.4, -0.2) is 93.9 Å². The predicted octanol–water partition coefficient (Wildman–Crippen LogP) is -0.0605. The number of H-pyrrole nitrogens is 2. The van der Waals surface area contributed by atoms with Crippen LogP contribution >= 0.6 is 0 Å². The Morgan fingerprint density at radius 1 is 0.927 bits per heavy atom. The number of fused-ring (bicyclic) bond motifs is 2. The summed E-state index contributed by atoms with van der Waals surface area (Å²) in [5, 5.41) is 38.3. The molecule has 1 aromatic carbocycles. The fraction of sp³-hybridized carbons (Fsp3) is 0.242. The summed E-state index contributed by atoms with van der Waals surface area (Å²) in [4.78, 5) is 93.9. The zero-order valence-electron chi connectivity index (χ0n) is 28.7. The molecule has 0 fully saturated rings. The molecular weight excluding hydrogens is 722 g/mol. The topological polar surface area (TPSA) is 359 Å². The number of aliphatic imine (C=N–C) groups is 1. The maximum Gasteiger partial charge on any atom is 0.326 e. The van der Waals surface area contributed by atoms with Crippen LogP contribution in [-0.2, 0) is 20.9 Å². The number of allylic oxidation sites excluding steroid dienone is 2. The van der Waals surface area contributed by atoms with Crippen LogP contribution in [0.15, 0.2) is 69.0 Å². The van der Waals surface area contributed by atoms with Crippen LogP contribution in [0, 0.1) is 5.92 Å². The Kier molecular flexibility index (Phi) is 12.1. The van der Waals surface area contributed by atoms with Gasteiger partial charge >= 0.3 is 17.9 Å². The number of aromatic amines is 2. The second-order valence-electron chi connectivity index (χ2n) is 11.9. The molecule has 2 aliphatic rings. The third-order valence-corrected chi connectivity index (χ3v) is 7.91. The first-order valence-electron chi connectivity index (χ1n) is 16.4. The Morgan fingerprint density at radius 3 is 2.33 bits per heavy atom. The van der Waals surface area contributed by atoms with Gasteiger partial charge in [0, 0.05) is 23.4 Å². The van der Waals surface area contributed by atoms with E-state index < -0.39 is 46.9 Å². The molecule has 6 rings (SSSR count). The van der Waals surface area contributed by atoms with Crippen molar-refractivity contribution in [3.05, 3.63) is 86.4 Å². The molecule has 1 aliphatic heterocycles. The molecule has 2 unspecified atom stereocenters. The van der Waals surface area contributed by atoms with E-state index in [9.17, 15) is 28.8 Å². The number of carboxylic acids is 3. The number of benzene rings is 1. The van der Waals surface area contributed by atoms with Crippen molar-refractivity contribution < 1.29 is 34.5 Å². The number of nitrogens with two attached hydrogens (primary N) is 2. The normalized spacial score (nSPS) is 14.8. The van der Waals surface area contributed by atoms with Gasteiger partial charge in [-0.05, 0) is 43.2 Å². The lowest BCUT2D eigenvalue weighted by atomic mass is 10.00. The lowest BCUT2D eigenvalue weighted by Gasteiger charge is -2.17. The van der Waals surface area contributed by atoms with Gasteiger partial charge in [0.15, 0.2) is 22.7 Å². The highest BCUT2D eigenvalue weighted by Gasteiger charge is 2.22. The highest BCUT2D eigenvalue weighted by Crippen LogP contribution is 2.22. The minimum absolute atomic E-state index is 0.00119. The standard InChI is InChI=1S/C19H21N7O6.C14H14N6O3/c20-19-25-15-14(17(30)26-19)23-11(8-22-15)7-21-10-3-1-9(2-4-10)16(29)24-12(18(31)32)5-6-13(27)28;15-14-19-11-10(12(21)20-14)18-9(6-17-11)5-16-8-3-1-7(2-4-8)13(22)23/h1-4,12,21H,5-8H2,(H,24,29)(H,27,28)(H,31,32)(H4,20,22,25,26,30);1,3-4,6-7,16H,2,5H2,(H,22,23)(H3,15,17,19,20,21). The van der Waals surface area contributed by atoms with Crippen LogP contribution in [0.2, 0.25) is 0 Å². The average Bonchev–Trinajstić information content (AvgIpc) is 3.15. The fourth-order valence-electron chi connectivity index (χ4n) is 5.09. The largest absolute Gasteiger partial charge is 0.481 e. The van der Waals surface area contributed by atoms with Crippen molar-refractivity contribution in [2.24, 2.45) is 10.9 Å². The van der Waals surface area contributed by atoms with Crippen molar-refractivity contribution in [1.82, 2.24) is 40.5 Å². The zero-order valence-corrected chi connectivity index (χ0v) is 28.7. The molecule has 0 radical (unpaired) electrons. The Balaban J connectivity index is 0.000000222. The van der Waals surface area contributed by atoms with Crippen molar-refractivity contribution in [3.63, 3.8) is 0 Å². The number of carboxylic acid groups (broad SMARTS) is 3. The van der Waals surface area contributed by atoms with E-state index in [0.717, 1.165) is 5.70 Å². The quantitative estimate of drug-likeness (QED) is 0.0850. The van der Waals surface area contributed by atoms with Crippen LogP contribution in [0.5, 0.6) is 0 Å². The van der Waals surface area contributed by atoms with Gasteiger partial charge < -0.3 is 48.1 Å². The first-order valence-corrected chi connectivity index (χ1v) is 16.4. The van der Waals surface area contributed by atoms with E-state index in [4.69, 9.17) is 26.8 Å². The summed E-state index contributed by atoms with van der Waals surface area (Å²) in [6.07, 6.45) is 6.50. The number of nitrogens with zero attached hydrogens (tertiary/aromatic N) is 5. The van der Waals surface area contributed by atoms with Crippen LogP contribution < -0.4 is 43.9 Å². The van der Waals surface area contributed by atoms with Gasteiger partial charge in [-0.2, -0.15) is 9.97 Å². The summed E-state index contributed by atoms with van der Waals surface area (Å²) in [7, 11) is 0. The third kappa shape index (κ3) is 10.5. The molecule has 22 heteroatoms. The molecule has 1 aliphatic carbocycles. The molecule has 3 aromatic heterocycles. The Labute approximate surface area is 308 Å². The van der Waals surface area contributed by atoms with Crippen molar-refractivity contribution >= 4 is 69.8 Å². The van der Waals surface area contributed by atoms with Crippen molar-refractivity contribution in [1.29, 1.82) is 0 Å². The van der Waals surface area contributed by atoms with Crippen molar-refractivity contribution in [2.45, 2.75) is 31.8 Å². The molecule has 4 heterocycles. The summed E-state index contributed by atoms with van der Waals surface area (Å²) in [5.74, 6) is -4.11. The number of rotatable bonds is 13. The van der Waals surface area contributed by atoms with Gasteiger partial charge in [-0.3, -0.25) is 33.9 Å². The zero-order chi connectivity index (χ0) is 39.6. The number of carbonyl (C=O) groups excluding carboxylic acids is 1. The molecule has 22 nitrogen and oxygen atoms in total. The molecule has 0 bridgehead atoms. The van der Waals surface area contributed by atoms with Gasteiger partial charge in [0.05, 0.1) is 43.2 Å². The van der Waals surface area contributed by atoms with E-state index in [1.54, 1.807) is 24.3 Å². The lowest BCUT2D eigenvalue weighted by molar-refractivity contribution is -0.141. The fourth-order valence-corrected chi connectivity index (χ4v) is 5.09. The van der Waals surface area contributed by atoms with E-state index in [0.29, 0.717) is 49.0 Å². The van der Waals surface area contributed by atoms with Crippen LogP contribution in [0.4, 0.5) is 29.1 Å². The number of hydrogen-bond donors (Lipinski definition) is 11. The van der Waals surface area contributed by atoms with Gasteiger partial charge in [-0.1, -0.05) is 12.2 Å². The minimum Gasteiger partial charge on any atom is -0.481 e. The molecule has 13 N–H and O–H groups in total. The van der Waals surface area contributed by atoms with Crippen LogP contribution in [0.3, 0.4) is 0 Å². The number of aromatic nitrogens is 6. The summed E-state index contributed by atoms with van der Waals surface area (Å²) in [5.41, 5.74) is 13.4. The molecule has 0 saturated heterocycles. The summed E-state index contributed by atoms with van der Waals surface area (Å²) >= 11 is 0. The van der Waals surface area contributed by atoms with E-state index in [1.807, 2.05) is 6.08 Å². The first kappa shape index (κ1) is 38.6. The second-order valence-corrected chi connectivity index (χ2v) is 11.9. The van der Waals surface area contributed by atoms with E-state index >= 15 is 0 Å². The predicted molar refractivity (Wildman–Crippen MR) is 198 cm³/mol. The number of anilines is 4. The molecular formula is C33H35N13O9. The summed E-state index contributed by atoms with van der Waals surface area (Å²) in [6, 6.07) is 4.95. The molecule has 0 saturated carbocycles. The smallest absolute Gasteiger partial charge is 0.326 e. The maximum absolute atomic E-state index is 12.3. The highest BCUT2D eigenvalue weighted by molar-refractivity contribution is 5.98. The van der Waals surface area contributed by atoms with Gasteiger partial charge in [-0.25, -0.2) is 19.8 Å². The summed E-state index contributed by atoms with van der Waals surface area (Å²) in [6.45, 7) is 1.03. The molecule has 286 valence electrons. The maximum atomic E-state index is 12.3. The van der Waals surface area contributed by atoms with Gasteiger partial charge in [-0.15, -0.1) is 0 Å². The number of nitrogen functional groups attached to an aromatic ring is 2. The third-order valence-electron chi connectivity index (χ3n) is 7.91. The number of amides is 1. The number of hydrogen-bond acceptors (Lipinski definition) is 16. The number of nitrogens with one attached hydrogen (secondary N) is 6. The van der Waals surface area contributed by atoms with E-state index in [1.165, 1.54) is 18.3 Å². The molecule has 0 spiro atoms. The van der Waals surface area contributed by atoms with E-state index in [-0.39, 0.29) is 47.2 Å². The van der Waals surface area contributed by atoms with Gasteiger partial charge in [0.2, 0.25) is 11.9 Å². The average molecular weight is 758 g/mol. The van der Waals surface area contributed by atoms with Gasteiger partial charge in [0.1, 0.15) is 6.04 Å². The Hall–Kier alpha value is -7.65. The first-order chi connectivity index (χ1) is 26.2. The van der Waals surface area contributed by atoms with Crippen molar-refractivity contribution in [3.8, 4) is 0 Å². The Morgan fingerprint density at radius 2 is 1.65 bits per heavy atom. The monoisotopic (exact) mass is 757 g/mol. The molecule has 1 amide bonds. The SMILES string of the molecule is Nc1nc2c(c(=O)[nH]1)N=C(CNc1ccc(C(=O)NC(CCC(=O)O)C(=O)O)cc1)CN2.Nc1nc2ncc(CNC3=CCC(C(=O)O)C=C3)nc2c(=O)[nH]1. The van der Waals surface area contributed by atoms with Crippen molar-refractivity contribution in [2.75, 3.05) is 35.2 Å². The molecule has 55 heavy (non-hydrogen) atoms. The molecule has 2 atom stereocenters. The molecule has 4 aromatic rings. The number of carbonyl (C=O) groups is 4. The van der Waals surface area contributed by atoms with Gasteiger partial charge in [0.25, 0.3) is 17.0 Å².